The van der Waals surface area contributed by atoms with Crippen LogP contribution in [0.3, 0.4) is 0 Å². The Hall–Kier alpha value is -1.92. The second kappa shape index (κ2) is 6.49. The second-order valence-corrected chi connectivity index (χ2v) is 6.30. The number of hydrogen-bond acceptors (Lipinski definition) is 4. The van der Waals surface area contributed by atoms with Crippen molar-refractivity contribution in [2.45, 2.75) is 13.0 Å². The maximum Gasteiger partial charge on any atom is 0.212 e. The van der Waals surface area contributed by atoms with Gasteiger partial charge in [-0.1, -0.05) is 18.2 Å². The normalized spacial score (nSPS) is 11.4. The number of phenols is 1. The fourth-order valence-electron chi connectivity index (χ4n) is 1.66. The predicted molar refractivity (Wildman–Crippen MR) is 76.7 cm³/mol. The number of phenolic OH excluding ortho intramolecular Hbond substituents is 1. The number of aromatic nitrogens is 1. The molecule has 0 bridgehead atoms. The van der Waals surface area contributed by atoms with E-state index in [4.69, 9.17) is 5.11 Å². The molecule has 0 atom stereocenters. The third-order valence-electron chi connectivity index (χ3n) is 2.79. The van der Waals surface area contributed by atoms with Gasteiger partial charge in [-0.25, -0.2) is 13.1 Å². The molecule has 0 amide bonds. The fourth-order valence-corrected chi connectivity index (χ4v) is 2.67. The third kappa shape index (κ3) is 4.64. The van der Waals surface area contributed by atoms with Crippen molar-refractivity contribution in [3.8, 4) is 5.75 Å². The van der Waals surface area contributed by atoms with E-state index in [0.717, 1.165) is 11.3 Å². The zero-order valence-corrected chi connectivity index (χ0v) is 11.7. The first-order valence-electron chi connectivity index (χ1n) is 6.20. The van der Waals surface area contributed by atoms with Crippen molar-refractivity contribution in [3.63, 3.8) is 0 Å². The molecule has 5 nitrogen and oxygen atoms in total. The molecule has 1 heterocycles. The van der Waals surface area contributed by atoms with Gasteiger partial charge in [-0.3, -0.25) is 4.98 Å². The van der Waals surface area contributed by atoms with Gasteiger partial charge in [0.1, 0.15) is 5.75 Å². The van der Waals surface area contributed by atoms with Gasteiger partial charge in [-0.2, -0.15) is 0 Å². The number of aryl methyl sites for hydroxylation is 1. The minimum atomic E-state index is -3.34. The lowest BCUT2D eigenvalue weighted by Crippen LogP contribution is -2.27. The highest BCUT2D eigenvalue weighted by molar-refractivity contribution is 7.89. The van der Waals surface area contributed by atoms with Crippen LogP contribution in [0.25, 0.3) is 0 Å². The number of benzene rings is 1. The van der Waals surface area contributed by atoms with Crippen molar-refractivity contribution in [1.82, 2.24) is 9.71 Å². The molecule has 0 unspecified atom stereocenters. The Kier molecular flexibility index (Phi) is 4.70. The van der Waals surface area contributed by atoms with E-state index in [1.807, 2.05) is 6.07 Å². The molecule has 0 radical (unpaired) electrons. The van der Waals surface area contributed by atoms with Crippen molar-refractivity contribution < 1.29 is 13.5 Å². The van der Waals surface area contributed by atoms with E-state index in [1.54, 1.807) is 30.5 Å². The van der Waals surface area contributed by atoms with Gasteiger partial charge < -0.3 is 5.11 Å². The Morgan fingerprint density at radius 3 is 2.50 bits per heavy atom. The van der Waals surface area contributed by atoms with Crippen LogP contribution in [0.4, 0.5) is 0 Å². The minimum Gasteiger partial charge on any atom is -0.508 e. The molecule has 0 saturated heterocycles. The zero-order chi connectivity index (χ0) is 14.4. The molecular weight excluding hydrogens is 276 g/mol. The number of nitrogens with one attached hydrogen (secondary N) is 1. The summed E-state index contributed by atoms with van der Waals surface area (Å²) in [5, 5.41) is 9.15. The monoisotopic (exact) mass is 292 g/mol. The van der Waals surface area contributed by atoms with E-state index in [-0.39, 0.29) is 18.0 Å². The highest BCUT2D eigenvalue weighted by Crippen LogP contribution is 2.09. The van der Waals surface area contributed by atoms with E-state index in [9.17, 15) is 8.42 Å². The van der Waals surface area contributed by atoms with E-state index in [2.05, 4.69) is 9.71 Å². The molecule has 0 saturated carbocycles. The number of nitrogens with zero attached hydrogens (tertiary/aromatic N) is 1. The van der Waals surface area contributed by atoms with Gasteiger partial charge in [0.15, 0.2) is 0 Å². The number of pyridine rings is 1. The van der Waals surface area contributed by atoms with Crippen LogP contribution in [-0.4, -0.2) is 24.3 Å². The molecule has 0 spiro atoms. The van der Waals surface area contributed by atoms with Gasteiger partial charge in [-0.05, 0) is 29.8 Å². The van der Waals surface area contributed by atoms with Crippen LogP contribution in [-0.2, 0) is 23.0 Å². The molecule has 20 heavy (non-hydrogen) atoms. The number of rotatable bonds is 6. The Bertz CT molecular complexity index is 640. The highest BCUT2D eigenvalue weighted by atomic mass is 32.2. The summed E-state index contributed by atoms with van der Waals surface area (Å²) < 4.78 is 26.2. The van der Waals surface area contributed by atoms with E-state index >= 15 is 0 Å². The summed E-state index contributed by atoms with van der Waals surface area (Å²) in [5.41, 5.74) is 1.55. The minimum absolute atomic E-state index is 0.00208. The Morgan fingerprint density at radius 1 is 1.10 bits per heavy atom. The molecule has 0 fully saturated rings. The largest absolute Gasteiger partial charge is 0.508 e. The molecule has 2 rings (SSSR count). The van der Waals surface area contributed by atoms with E-state index < -0.39 is 10.0 Å². The maximum absolute atomic E-state index is 11.9. The third-order valence-corrected chi connectivity index (χ3v) is 4.11. The van der Waals surface area contributed by atoms with Crippen molar-refractivity contribution in [2.24, 2.45) is 0 Å². The van der Waals surface area contributed by atoms with Crippen LogP contribution < -0.4 is 4.72 Å². The summed E-state index contributed by atoms with van der Waals surface area (Å²) >= 11 is 0. The van der Waals surface area contributed by atoms with E-state index in [0.29, 0.717) is 6.42 Å². The molecule has 1 aromatic carbocycles. The molecule has 2 N–H and O–H groups in total. The summed E-state index contributed by atoms with van der Waals surface area (Å²) in [4.78, 5) is 4.09. The maximum atomic E-state index is 11.9. The summed E-state index contributed by atoms with van der Waals surface area (Å²) in [6.07, 6.45) is 2.03. The van der Waals surface area contributed by atoms with Crippen molar-refractivity contribution in [1.29, 1.82) is 0 Å². The van der Waals surface area contributed by atoms with Crippen molar-refractivity contribution in [2.75, 3.05) is 5.75 Å². The van der Waals surface area contributed by atoms with Crippen LogP contribution >= 0.6 is 0 Å². The Labute approximate surface area is 118 Å². The summed E-state index contributed by atoms with van der Waals surface area (Å²) in [6, 6.07) is 11.8. The molecule has 1 aromatic heterocycles. The van der Waals surface area contributed by atoms with Crippen LogP contribution in [0.15, 0.2) is 48.7 Å². The first-order valence-corrected chi connectivity index (χ1v) is 7.85. The number of aromatic hydroxyl groups is 1. The average Bonchev–Trinajstić information content (AvgIpc) is 2.46. The molecule has 2 aromatic rings. The zero-order valence-electron chi connectivity index (χ0n) is 10.9. The second-order valence-electron chi connectivity index (χ2n) is 4.38. The lowest BCUT2D eigenvalue weighted by atomic mass is 10.2. The van der Waals surface area contributed by atoms with Crippen LogP contribution in [0.1, 0.15) is 11.3 Å². The average molecular weight is 292 g/mol. The number of sulfonamides is 1. The lowest BCUT2D eigenvalue weighted by molar-refractivity contribution is 0.475. The molecule has 106 valence electrons. The fraction of sp³-hybridized carbons (Fsp3) is 0.214. The summed E-state index contributed by atoms with van der Waals surface area (Å²) in [6.45, 7) is 0.213. The van der Waals surface area contributed by atoms with Gasteiger partial charge in [0.2, 0.25) is 10.0 Å². The summed E-state index contributed by atoms with van der Waals surface area (Å²) in [5.74, 6) is 0.161. The Morgan fingerprint density at radius 2 is 1.85 bits per heavy atom. The topological polar surface area (TPSA) is 79.3 Å². The van der Waals surface area contributed by atoms with E-state index in [1.165, 1.54) is 12.1 Å². The van der Waals surface area contributed by atoms with Gasteiger partial charge in [0.05, 0.1) is 5.75 Å². The summed E-state index contributed by atoms with van der Waals surface area (Å²) in [7, 11) is -3.34. The smallest absolute Gasteiger partial charge is 0.212 e. The van der Waals surface area contributed by atoms with Gasteiger partial charge >= 0.3 is 0 Å². The van der Waals surface area contributed by atoms with Crippen molar-refractivity contribution >= 4 is 10.0 Å². The van der Waals surface area contributed by atoms with Crippen LogP contribution in [0, 0.1) is 0 Å². The van der Waals surface area contributed by atoms with Gasteiger partial charge in [-0.15, -0.1) is 0 Å². The highest BCUT2D eigenvalue weighted by Gasteiger charge is 2.10. The number of hydrogen-bond donors (Lipinski definition) is 2. The molecule has 0 aliphatic heterocycles. The van der Waals surface area contributed by atoms with Gasteiger partial charge in [0, 0.05) is 24.9 Å². The first kappa shape index (κ1) is 14.5. The SMILES string of the molecule is O=S(=O)(CCc1ccccn1)NCc1ccc(O)cc1. The molecule has 0 aliphatic rings. The first-order chi connectivity index (χ1) is 9.55. The molecular formula is C14H16N2O3S. The predicted octanol–water partition coefficient (Wildman–Crippen LogP) is 1.45. The van der Waals surface area contributed by atoms with Crippen LogP contribution in [0.2, 0.25) is 0 Å². The lowest BCUT2D eigenvalue weighted by Gasteiger charge is -2.06. The quantitative estimate of drug-likeness (QED) is 0.844. The molecule has 6 heteroatoms. The Balaban J connectivity index is 1.86. The molecule has 0 aliphatic carbocycles. The van der Waals surface area contributed by atoms with Crippen LogP contribution in [0.5, 0.6) is 5.75 Å². The standard InChI is InChI=1S/C14H16N2O3S/c17-14-6-4-12(5-7-14)11-16-20(18,19)10-8-13-3-1-2-9-15-13/h1-7,9,16-17H,8,10-11H2. The van der Waals surface area contributed by atoms with Gasteiger partial charge in [0.25, 0.3) is 0 Å². The van der Waals surface area contributed by atoms with Crippen molar-refractivity contribution in [3.05, 3.63) is 59.9 Å².